The second kappa shape index (κ2) is 5.89. The monoisotopic (exact) mass is 321 g/mol. The van der Waals surface area contributed by atoms with E-state index in [0.717, 1.165) is 24.3 Å². The first-order valence-corrected chi connectivity index (χ1v) is 9.17. The average molecular weight is 322 g/mol. The van der Waals surface area contributed by atoms with Crippen LogP contribution in [0.4, 0.5) is 0 Å². The van der Waals surface area contributed by atoms with Crippen molar-refractivity contribution in [1.29, 1.82) is 0 Å². The first kappa shape index (κ1) is 15.3. The van der Waals surface area contributed by atoms with E-state index in [1.165, 1.54) is 22.5 Å². The molecule has 21 heavy (non-hydrogen) atoms. The molecule has 114 valence electrons. The Kier molecular flexibility index (Phi) is 4.29. The standard InChI is InChI=1S/C18H24ClNS/c1-18(2,3)13-8-9-14(19)12(10-13)11-17-20-15-6-4-5-7-16(15)21-17/h4-7,12-14H,8-11H2,1-3H3. The molecular weight excluding hydrogens is 298 g/mol. The van der Waals surface area contributed by atoms with Gasteiger partial charge in [0.25, 0.3) is 0 Å². The van der Waals surface area contributed by atoms with Crippen molar-refractivity contribution in [2.45, 2.75) is 51.8 Å². The molecule has 0 aliphatic heterocycles. The average Bonchev–Trinajstić information content (AvgIpc) is 2.82. The molecule has 1 aromatic heterocycles. The zero-order valence-electron chi connectivity index (χ0n) is 13.1. The zero-order valence-corrected chi connectivity index (χ0v) is 14.7. The highest BCUT2D eigenvalue weighted by Crippen LogP contribution is 2.43. The topological polar surface area (TPSA) is 12.9 Å². The van der Waals surface area contributed by atoms with Gasteiger partial charge in [-0.15, -0.1) is 22.9 Å². The fourth-order valence-electron chi connectivity index (χ4n) is 3.46. The van der Waals surface area contributed by atoms with E-state index >= 15 is 0 Å². The van der Waals surface area contributed by atoms with Crippen LogP contribution in [-0.4, -0.2) is 10.4 Å². The van der Waals surface area contributed by atoms with Gasteiger partial charge in [0.15, 0.2) is 0 Å². The van der Waals surface area contributed by atoms with Crippen LogP contribution in [0.5, 0.6) is 0 Å². The van der Waals surface area contributed by atoms with Crippen LogP contribution in [0, 0.1) is 17.3 Å². The highest BCUT2D eigenvalue weighted by molar-refractivity contribution is 7.18. The van der Waals surface area contributed by atoms with Gasteiger partial charge in [0.05, 0.1) is 15.2 Å². The van der Waals surface area contributed by atoms with E-state index in [4.69, 9.17) is 16.6 Å². The first-order valence-electron chi connectivity index (χ1n) is 7.92. The molecule has 1 fully saturated rings. The largest absolute Gasteiger partial charge is 0.241 e. The number of hydrogen-bond acceptors (Lipinski definition) is 2. The summed E-state index contributed by atoms with van der Waals surface area (Å²) in [6.07, 6.45) is 4.71. The van der Waals surface area contributed by atoms with E-state index in [0.29, 0.717) is 16.7 Å². The van der Waals surface area contributed by atoms with Gasteiger partial charge in [0.2, 0.25) is 0 Å². The van der Waals surface area contributed by atoms with Crippen LogP contribution < -0.4 is 0 Å². The number of thiazole rings is 1. The summed E-state index contributed by atoms with van der Waals surface area (Å²) in [6, 6.07) is 8.41. The Morgan fingerprint density at radius 1 is 1.24 bits per heavy atom. The molecule has 0 N–H and O–H groups in total. The number of halogens is 1. The molecule has 3 atom stereocenters. The van der Waals surface area contributed by atoms with Crippen molar-refractivity contribution >= 4 is 33.2 Å². The van der Waals surface area contributed by atoms with Crippen LogP contribution in [-0.2, 0) is 6.42 Å². The van der Waals surface area contributed by atoms with Crippen LogP contribution in [0.2, 0.25) is 0 Å². The van der Waals surface area contributed by atoms with Gasteiger partial charge in [0, 0.05) is 11.8 Å². The molecule has 1 heterocycles. The maximum atomic E-state index is 6.62. The molecule has 3 rings (SSSR count). The molecule has 1 aliphatic carbocycles. The minimum Gasteiger partial charge on any atom is -0.241 e. The van der Waals surface area contributed by atoms with E-state index in [-0.39, 0.29) is 0 Å². The van der Waals surface area contributed by atoms with Gasteiger partial charge in [-0.1, -0.05) is 32.9 Å². The normalized spacial score (nSPS) is 27.1. The maximum Gasteiger partial charge on any atom is 0.0941 e. The Morgan fingerprint density at radius 3 is 2.71 bits per heavy atom. The van der Waals surface area contributed by atoms with Crippen molar-refractivity contribution in [3.8, 4) is 0 Å². The van der Waals surface area contributed by atoms with Crippen LogP contribution >= 0.6 is 22.9 Å². The summed E-state index contributed by atoms with van der Waals surface area (Å²) < 4.78 is 1.29. The quantitative estimate of drug-likeness (QED) is 0.627. The molecule has 2 aromatic rings. The van der Waals surface area contributed by atoms with Crippen molar-refractivity contribution in [1.82, 2.24) is 4.98 Å². The van der Waals surface area contributed by atoms with Gasteiger partial charge in [-0.2, -0.15) is 0 Å². The molecule has 1 nitrogen and oxygen atoms in total. The molecule has 1 aromatic carbocycles. The number of para-hydroxylation sites is 1. The third-order valence-corrected chi connectivity index (χ3v) is 6.52. The van der Waals surface area contributed by atoms with E-state index in [9.17, 15) is 0 Å². The van der Waals surface area contributed by atoms with Crippen LogP contribution in [0.15, 0.2) is 24.3 Å². The van der Waals surface area contributed by atoms with Gasteiger partial charge < -0.3 is 0 Å². The molecular formula is C18H24ClNS. The van der Waals surface area contributed by atoms with E-state index in [2.05, 4.69) is 45.0 Å². The third kappa shape index (κ3) is 3.43. The van der Waals surface area contributed by atoms with Gasteiger partial charge in [0.1, 0.15) is 0 Å². The Balaban J connectivity index is 1.75. The second-order valence-corrected chi connectivity index (χ2v) is 9.11. The zero-order chi connectivity index (χ0) is 15.0. The molecule has 3 heteroatoms. The van der Waals surface area contributed by atoms with Gasteiger partial charge >= 0.3 is 0 Å². The lowest BCUT2D eigenvalue weighted by Crippen LogP contribution is -2.33. The highest BCUT2D eigenvalue weighted by atomic mass is 35.5. The van der Waals surface area contributed by atoms with Crippen LogP contribution in [0.1, 0.15) is 45.0 Å². The lowest BCUT2D eigenvalue weighted by molar-refractivity contribution is 0.144. The van der Waals surface area contributed by atoms with Gasteiger partial charge in [-0.3, -0.25) is 0 Å². The van der Waals surface area contributed by atoms with Gasteiger partial charge in [-0.25, -0.2) is 4.98 Å². The summed E-state index contributed by atoms with van der Waals surface area (Å²) in [6.45, 7) is 7.09. The predicted molar refractivity (Wildman–Crippen MR) is 93.3 cm³/mol. The van der Waals surface area contributed by atoms with E-state index < -0.39 is 0 Å². The number of aromatic nitrogens is 1. The Bertz CT molecular complexity index is 580. The molecule has 0 bridgehead atoms. The van der Waals surface area contributed by atoms with E-state index in [1.807, 2.05) is 11.3 Å². The van der Waals surface area contributed by atoms with Crippen molar-refractivity contribution in [3.05, 3.63) is 29.3 Å². The molecule has 1 saturated carbocycles. The SMILES string of the molecule is CC(C)(C)C1CCC(Cl)C(Cc2nc3ccccc3s2)C1. The molecule has 1 aliphatic rings. The summed E-state index contributed by atoms with van der Waals surface area (Å²) in [7, 11) is 0. The number of nitrogens with zero attached hydrogens (tertiary/aromatic N) is 1. The van der Waals surface area contributed by atoms with Crippen molar-refractivity contribution in [2.75, 3.05) is 0 Å². The Hall–Kier alpha value is -0.600. The number of alkyl halides is 1. The summed E-state index contributed by atoms with van der Waals surface area (Å²) in [5.41, 5.74) is 1.52. The Labute approximate surface area is 136 Å². The van der Waals surface area contributed by atoms with E-state index in [1.54, 1.807) is 0 Å². The molecule has 3 unspecified atom stereocenters. The summed E-state index contributed by atoms with van der Waals surface area (Å²) in [5, 5.41) is 1.57. The first-order chi connectivity index (χ1) is 9.93. The lowest BCUT2D eigenvalue weighted by atomic mass is 9.68. The van der Waals surface area contributed by atoms with Crippen LogP contribution in [0.25, 0.3) is 10.2 Å². The minimum absolute atomic E-state index is 0.315. The van der Waals surface area contributed by atoms with Crippen molar-refractivity contribution in [2.24, 2.45) is 17.3 Å². The fourth-order valence-corrected chi connectivity index (χ4v) is 4.83. The number of rotatable bonds is 2. The fraction of sp³-hybridized carbons (Fsp3) is 0.611. The van der Waals surface area contributed by atoms with Crippen molar-refractivity contribution in [3.63, 3.8) is 0 Å². The summed E-state index contributed by atoms with van der Waals surface area (Å²) in [5.74, 6) is 1.36. The Morgan fingerprint density at radius 2 is 2.00 bits per heavy atom. The van der Waals surface area contributed by atoms with Gasteiger partial charge in [-0.05, 0) is 48.6 Å². The highest BCUT2D eigenvalue weighted by Gasteiger charge is 2.35. The molecule has 0 saturated heterocycles. The van der Waals surface area contributed by atoms with Crippen molar-refractivity contribution < 1.29 is 0 Å². The number of hydrogen-bond donors (Lipinski definition) is 0. The molecule has 0 radical (unpaired) electrons. The smallest absolute Gasteiger partial charge is 0.0941 e. The summed E-state index contributed by atoms with van der Waals surface area (Å²) in [4.78, 5) is 4.79. The predicted octanol–water partition coefficient (Wildman–Crippen LogP) is 5.91. The lowest BCUT2D eigenvalue weighted by Gasteiger charge is -2.39. The second-order valence-electron chi connectivity index (χ2n) is 7.43. The minimum atomic E-state index is 0.315. The van der Waals surface area contributed by atoms with Crippen LogP contribution in [0.3, 0.4) is 0 Å². The maximum absolute atomic E-state index is 6.62. The third-order valence-electron chi connectivity index (χ3n) is 4.89. The molecule has 0 spiro atoms. The molecule has 0 amide bonds. The number of benzene rings is 1. The summed E-state index contributed by atoms with van der Waals surface area (Å²) >= 11 is 8.46. The number of fused-ring (bicyclic) bond motifs is 1.